The summed E-state index contributed by atoms with van der Waals surface area (Å²) in [5, 5.41) is 7.59. The number of H-pyrrole nitrogens is 2. The van der Waals surface area contributed by atoms with Crippen molar-refractivity contribution in [2.45, 2.75) is 25.8 Å². The Morgan fingerprint density at radius 1 is 0.623 bits per heavy atom. The molecule has 0 bridgehead atoms. The normalized spacial score (nSPS) is 13.6. The Bertz CT molecular complexity index is 3100. The first-order valence-electron chi connectivity index (χ1n) is 21.4. The van der Waals surface area contributed by atoms with Crippen LogP contribution in [0.1, 0.15) is 23.6 Å². The predicted octanol–water partition coefficient (Wildman–Crippen LogP) is 10.7. The summed E-state index contributed by atoms with van der Waals surface area (Å²) in [5.41, 5.74) is -1.95. The lowest BCUT2D eigenvalue weighted by Crippen LogP contribution is -2.54. The van der Waals surface area contributed by atoms with Crippen LogP contribution < -0.4 is 30.1 Å². The van der Waals surface area contributed by atoms with Crippen molar-refractivity contribution in [1.29, 1.82) is 0 Å². The molecule has 0 atom stereocenters. The maximum absolute atomic E-state index is 15.2. The van der Waals surface area contributed by atoms with Gasteiger partial charge in [0.25, 0.3) is 0 Å². The molecule has 4 amide bonds. The summed E-state index contributed by atoms with van der Waals surface area (Å²) in [5.74, 6) is 0.910. The number of rotatable bonds is 11. The van der Waals surface area contributed by atoms with Crippen LogP contribution in [0.3, 0.4) is 0 Å². The number of likely N-dealkylation sites (N-methyl/N-ethyl adjacent to an activating group) is 1. The first-order chi connectivity index (χ1) is 33.2. The molecule has 1 fully saturated rings. The van der Waals surface area contributed by atoms with Crippen LogP contribution >= 0.6 is 0 Å². The van der Waals surface area contributed by atoms with Gasteiger partial charge in [0.05, 0.1) is 33.3 Å². The fraction of sp³-hybridized carbons (Fsp3) is 0.191. The first kappa shape index (κ1) is 45.9. The Kier molecular flexibility index (Phi) is 12.7. The minimum Gasteiger partial charge on any atom is -0.438 e. The number of anilines is 4. The molecule has 1 saturated heterocycles. The molecule has 4 N–H and O–H groups in total. The Labute approximate surface area is 388 Å². The summed E-state index contributed by atoms with van der Waals surface area (Å²) in [4.78, 5) is 56.2. The van der Waals surface area contributed by atoms with E-state index in [1.165, 1.54) is 79.4 Å². The average Bonchev–Trinajstić information content (AvgIpc) is 4.03. The molecule has 0 radical (unpaired) electrons. The van der Waals surface area contributed by atoms with Crippen LogP contribution in [0.5, 0.6) is 23.3 Å². The van der Waals surface area contributed by atoms with Crippen LogP contribution in [-0.2, 0) is 18.9 Å². The molecule has 0 aliphatic carbocycles. The fourth-order valence-corrected chi connectivity index (χ4v) is 7.72. The minimum absolute atomic E-state index is 0.0550. The van der Waals surface area contributed by atoms with Crippen LogP contribution in [0.2, 0.25) is 0 Å². The Morgan fingerprint density at radius 3 is 1.72 bits per heavy atom. The molecule has 22 heteroatoms. The highest BCUT2D eigenvalue weighted by atomic mass is 19.4. The first-order valence-corrected chi connectivity index (χ1v) is 21.4. The third kappa shape index (κ3) is 10.4. The van der Waals surface area contributed by atoms with Crippen LogP contribution in [-0.4, -0.2) is 84.5 Å². The van der Waals surface area contributed by atoms with Gasteiger partial charge in [-0.2, -0.15) is 36.4 Å². The molecule has 4 aromatic carbocycles. The van der Waals surface area contributed by atoms with E-state index in [0.717, 1.165) is 24.7 Å². The third-order valence-corrected chi connectivity index (χ3v) is 11.2. The Morgan fingerprint density at radius 2 is 1.16 bits per heavy atom. The highest BCUT2D eigenvalue weighted by Crippen LogP contribution is 2.38. The van der Waals surface area contributed by atoms with E-state index < -0.39 is 41.2 Å². The van der Waals surface area contributed by atoms with Crippen molar-refractivity contribution in [1.82, 2.24) is 39.7 Å². The number of fused-ring (bicyclic) bond motifs is 2. The molecule has 4 aromatic heterocycles. The van der Waals surface area contributed by atoms with E-state index in [0.29, 0.717) is 70.1 Å². The van der Waals surface area contributed by atoms with Crippen molar-refractivity contribution >= 4 is 56.9 Å². The van der Waals surface area contributed by atoms with Gasteiger partial charge in [-0.3, -0.25) is 4.90 Å². The second-order valence-corrected chi connectivity index (χ2v) is 15.7. The van der Waals surface area contributed by atoms with Gasteiger partial charge >= 0.3 is 24.4 Å². The third-order valence-electron chi connectivity index (χ3n) is 11.2. The van der Waals surface area contributed by atoms with E-state index in [4.69, 9.17) is 9.47 Å². The number of hydrazine groups is 1. The number of carbonyl (C=O) groups excluding carboxylic acids is 2. The minimum atomic E-state index is -4.93. The zero-order valence-corrected chi connectivity index (χ0v) is 36.3. The van der Waals surface area contributed by atoms with Gasteiger partial charge < -0.3 is 35.0 Å². The van der Waals surface area contributed by atoms with Crippen LogP contribution in [0.15, 0.2) is 128 Å². The molecule has 8 aromatic rings. The van der Waals surface area contributed by atoms with Gasteiger partial charge in [0, 0.05) is 56.5 Å². The van der Waals surface area contributed by atoms with Crippen molar-refractivity contribution in [3.05, 3.63) is 145 Å². The number of piperazine rings is 1. The lowest BCUT2D eigenvalue weighted by atomic mass is 10.0. The summed E-state index contributed by atoms with van der Waals surface area (Å²) in [7, 11) is 0. The largest absolute Gasteiger partial charge is 0.438 e. The highest BCUT2D eigenvalue weighted by molar-refractivity contribution is 6.13. The summed E-state index contributed by atoms with van der Waals surface area (Å²) in [6.45, 7) is 5.15. The monoisotopic (exact) mass is 950 g/mol. The number of carbonyl (C=O) groups is 2. The second-order valence-electron chi connectivity index (χ2n) is 15.7. The highest BCUT2D eigenvalue weighted by Gasteiger charge is 2.38. The maximum Gasteiger partial charge on any atom is 0.416 e. The lowest BCUT2D eigenvalue weighted by Gasteiger charge is -2.36. The summed E-state index contributed by atoms with van der Waals surface area (Å²) in [6.07, 6.45) is -3.81. The molecular formula is C47H40F6N12O4. The van der Waals surface area contributed by atoms with Gasteiger partial charge in [-0.25, -0.2) is 29.5 Å². The van der Waals surface area contributed by atoms with Gasteiger partial charge in [0.2, 0.25) is 11.8 Å². The van der Waals surface area contributed by atoms with E-state index in [2.05, 4.69) is 45.4 Å². The van der Waals surface area contributed by atoms with Crippen LogP contribution in [0.25, 0.3) is 22.1 Å². The number of halogens is 6. The Balaban J connectivity index is 1.11. The van der Waals surface area contributed by atoms with Crippen LogP contribution in [0, 0.1) is 0 Å². The standard InChI is InChI=1S/C47H40F6N12O4/c1-2-62-20-22-63(23-21-62)26-29-6-9-34(25-39(29)47(51,52)53)65(44(66)60-31-7-12-35(13-8-31)68-42-37-16-18-54-40(37)56-27-58-42)64(45(67)61-32-5-3-4-30(24-32)46(48,49)50)33-10-14-36(15-11-33)69-43-38-17-19-55-41(38)57-28-59-43/h3-19,24-25,27-28H,2,20-23,26H2,1H3,(H,60,66)(H,61,67)(H,54,56,58)(H,55,57,59). The van der Waals surface area contributed by atoms with E-state index >= 15 is 13.2 Å². The number of hydrogen-bond acceptors (Lipinski definition) is 10. The number of aromatic nitrogens is 6. The number of ether oxygens (including phenoxy) is 2. The second kappa shape index (κ2) is 19.2. The van der Waals surface area contributed by atoms with E-state index in [-0.39, 0.29) is 46.7 Å². The summed E-state index contributed by atoms with van der Waals surface area (Å²) < 4.78 is 99.2. The van der Waals surface area contributed by atoms with E-state index in [1.54, 1.807) is 24.5 Å². The SMILES string of the molecule is CCN1CCN(Cc2ccc(N(C(=O)Nc3ccc(Oc4ncnc5[nH]ccc45)cc3)N(C(=O)Nc3cccc(C(F)(F)F)c3)c3ccc(Oc4ncnc5[nH]ccc45)cc3)cc2C(F)(F)F)CC1. The molecule has 1 aliphatic heterocycles. The van der Waals surface area contributed by atoms with Gasteiger partial charge in [-0.1, -0.05) is 19.1 Å². The number of benzene rings is 4. The van der Waals surface area contributed by atoms with Gasteiger partial charge in [0.15, 0.2) is 0 Å². The van der Waals surface area contributed by atoms with Crippen molar-refractivity contribution in [2.75, 3.05) is 53.4 Å². The fourth-order valence-electron chi connectivity index (χ4n) is 7.72. The number of amides is 4. The molecular weight excluding hydrogens is 911 g/mol. The molecule has 69 heavy (non-hydrogen) atoms. The number of aromatic amines is 2. The molecule has 354 valence electrons. The molecule has 0 spiro atoms. The smallest absolute Gasteiger partial charge is 0.416 e. The average molecular weight is 951 g/mol. The number of nitrogens with zero attached hydrogens (tertiary/aromatic N) is 8. The topological polar surface area (TPSA) is 173 Å². The van der Waals surface area contributed by atoms with Crippen LogP contribution in [0.4, 0.5) is 58.7 Å². The molecule has 0 saturated carbocycles. The number of urea groups is 2. The zero-order valence-electron chi connectivity index (χ0n) is 36.3. The molecule has 1 aliphatic rings. The van der Waals surface area contributed by atoms with Gasteiger partial charge in [-0.15, -0.1) is 0 Å². The maximum atomic E-state index is 15.2. The molecule has 16 nitrogen and oxygen atoms in total. The van der Waals surface area contributed by atoms with Crippen molar-refractivity contribution in [3.63, 3.8) is 0 Å². The van der Waals surface area contributed by atoms with E-state index in [1.807, 2.05) is 11.8 Å². The predicted molar refractivity (Wildman–Crippen MR) is 244 cm³/mol. The van der Waals surface area contributed by atoms with Gasteiger partial charge in [-0.05, 0) is 103 Å². The quantitative estimate of drug-likeness (QED) is 0.0722. The van der Waals surface area contributed by atoms with Crippen molar-refractivity contribution in [3.8, 4) is 23.3 Å². The molecule has 0 unspecified atom stereocenters. The summed E-state index contributed by atoms with van der Waals surface area (Å²) in [6, 6.07) is 19.5. The number of hydrogen-bond donors (Lipinski definition) is 4. The van der Waals surface area contributed by atoms with Crippen molar-refractivity contribution in [2.24, 2.45) is 0 Å². The number of nitrogens with one attached hydrogen (secondary N) is 4. The van der Waals surface area contributed by atoms with E-state index in [9.17, 15) is 22.8 Å². The molecule has 9 rings (SSSR count). The lowest BCUT2D eigenvalue weighted by molar-refractivity contribution is -0.139. The van der Waals surface area contributed by atoms with Crippen molar-refractivity contribution < 1.29 is 45.4 Å². The summed E-state index contributed by atoms with van der Waals surface area (Å²) >= 11 is 0. The molecule has 5 heterocycles. The van der Waals surface area contributed by atoms with Gasteiger partial charge in [0.1, 0.15) is 35.4 Å². The zero-order chi connectivity index (χ0) is 48.3. The number of alkyl halides is 6. The Hall–Kier alpha value is -8.24.